The lowest BCUT2D eigenvalue weighted by Gasteiger charge is -2.10. The molecule has 2 N–H and O–H groups in total. The monoisotopic (exact) mass is 223 g/mol. The maximum atomic E-state index is 11.6. The van der Waals surface area contributed by atoms with Gasteiger partial charge >= 0.3 is 0 Å². The van der Waals surface area contributed by atoms with Crippen molar-refractivity contribution in [3.05, 3.63) is 18.2 Å². The van der Waals surface area contributed by atoms with Gasteiger partial charge in [-0.05, 0) is 6.42 Å². The third kappa shape index (κ3) is 4.47. The van der Waals surface area contributed by atoms with E-state index in [1.54, 1.807) is 12.5 Å². The summed E-state index contributed by atoms with van der Waals surface area (Å²) in [6, 6.07) is 0. The third-order valence-electron chi connectivity index (χ3n) is 2.69. The van der Waals surface area contributed by atoms with Crippen LogP contribution in [-0.4, -0.2) is 22.4 Å². The van der Waals surface area contributed by atoms with Crippen LogP contribution in [0.25, 0.3) is 0 Å². The number of nitrogens with one attached hydrogen (secondary N) is 2. The number of carbonyl (C=O) groups excluding carboxylic acids is 1. The van der Waals surface area contributed by atoms with Crippen molar-refractivity contribution in [1.29, 1.82) is 0 Å². The van der Waals surface area contributed by atoms with E-state index in [1.165, 1.54) is 0 Å². The van der Waals surface area contributed by atoms with Crippen molar-refractivity contribution in [2.24, 2.45) is 5.92 Å². The van der Waals surface area contributed by atoms with Crippen molar-refractivity contribution < 1.29 is 4.79 Å². The average molecular weight is 223 g/mol. The van der Waals surface area contributed by atoms with Crippen LogP contribution in [0.15, 0.2) is 12.5 Å². The molecule has 0 fully saturated rings. The lowest BCUT2D eigenvalue weighted by molar-refractivity contribution is -0.124. The molecule has 0 spiro atoms. The van der Waals surface area contributed by atoms with E-state index in [4.69, 9.17) is 0 Å². The molecule has 0 radical (unpaired) electrons. The molecule has 1 aromatic rings. The van der Waals surface area contributed by atoms with Crippen molar-refractivity contribution >= 4 is 5.91 Å². The van der Waals surface area contributed by atoms with Gasteiger partial charge < -0.3 is 10.3 Å². The topological polar surface area (TPSA) is 57.8 Å². The first-order chi connectivity index (χ1) is 7.74. The van der Waals surface area contributed by atoms with Crippen LogP contribution in [0.3, 0.4) is 0 Å². The van der Waals surface area contributed by atoms with Crippen LogP contribution in [0.1, 0.15) is 38.8 Å². The molecular weight excluding hydrogens is 202 g/mol. The molecule has 90 valence electrons. The van der Waals surface area contributed by atoms with Crippen LogP contribution in [0.5, 0.6) is 0 Å². The quantitative estimate of drug-likeness (QED) is 0.741. The molecule has 4 heteroatoms. The number of H-pyrrole nitrogens is 1. The lowest BCUT2D eigenvalue weighted by atomic mass is 10.0. The highest BCUT2D eigenvalue weighted by molar-refractivity contribution is 5.78. The Balaban J connectivity index is 2.14. The summed E-state index contributed by atoms with van der Waals surface area (Å²) in [5.74, 6) is 0.287. The molecule has 0 aliphatic heterocycles. The fourth-order valence-corrected chi connectivity index (χ4v) is 1.56. The number of rotatable bonds is 7. The van der Waals surface area contributed by atoms with Crippen molar-refractivity contribution in [2.45, 2.75) is 39.5 Å². The van der Waals surface area contributed by atoms with Gasteiger partial charge in [-0.2, -0.15) is 0 Å². The number of hydrogen-bond donors (Lipinski definition) is 2. The summed E-state index contributed by atoms with van der Waals surface area (Å²) in [5.41, 5.74) is 1.06. The van der Waals surface area contributed by atoms with Gasteiger partial charge in [0.05, 0.1) is 6.33 Å². The van der Waals surface area contributed by atoms with Crippen LogP contribution in [0, 0.1) is 5.92 Å². The highest BCUT2D eigenvalue weighted by Gasteiger charge is 2.11. The number of unbranched alkanes of at least 4 members (excludes halogenated alkanes) is 1. The zero-order chi connectivity index (χ0) is 11.8. The Labute approximate surface area is 96.9 Å². The predicted octanol–water partition coefficient (Wildman–Crippen LogP) is 1.89. The van der Waals surface area contributed by atoms with Crippen molar-refractivity contribution in [3.63, 3.8) is 0 Å². The Hall–Kier alpha value is -1.32. The fourth-order valence-electron chi connectivity index (χ4n) is 1.56. The maximum absolute atomic E-state index is 11.6. The minimum Gasteiger partial charge on any atom is -0.355 e. The molecule has 0 saturated heterocycles. The van der Waals surface area contributed by atoms with E-state index in [0.717, 1.165) is 31.4 Å². The Morgan fingerprint density at radius 3 is 3.06 bits per heavy atom. The first-order valence-corrected chi connectivity index (χ1v) is 5.99. The Kier molecular flexibility index (Phi) is 5.61. The summed E-state index contributed by atoms with van der Waals surface area (Å²) >= 11 is 0. The molecule has 4 nitrogen and oxygen atoms in total. The minimum atomic E-state index is 0.127. The molecule has 0 aliphatic carbocycles. The van der Waals surface area contributed by atoms with E-state index in [0.29, 0.717) is 6.54 Å². The molecule has 1 unspecified atom stereocenters. The van der Waals surface area contributed by atoms with E-state index in [1.807, 2.05) is 6.92 Å². The number of imidazole rings is 1. The zero-order valence-electron chi connectivity index (χ0n) is 10.1. The molecule has 0 bridgehead atoms. The summed E-state index contributed by atoms with van der Waals surface area (Å²) in [4.78, 5) is 18.6. The van der Waals surface area contributed by atoms with Crippen LogP contribution < -0.4 is 5.32 Å². The molecule has 0 aliphatic rings. The number of aromatic nitrogens is 2. The number of carbonyl (C=O) groups is 1. The summed E-state index contributed by atoms with van der Waals surface area (Å²) in [6.07, 6.45) is 7.49. The predicted molar refractivity (Wildman–Crippen MR) is 64.0 cm³/mol. The van der Waals surface area contributed by atoms with Crippen LogP contribution in [-0.2, 0) is 11.2 Å². The van der Waals surface area contributed by atoms with Gasteiger partial charge in [-0.15, -0.1) is 0 Å². The summed E-state index contributed by atoms with van der Waals surface area (Å²) in [5, 5.41) is 2.94. The van der Waals surface area contributed by atoms with Crippen LogP contribution in [0.2, 0.25) is 0 Å². The molecule has 1 heterocycles. The highest BCUT2D eigenvalue weighted by atomic mass is 16.1. The SMILES string of the molecule is CCCCC(C)C(=O)NCCc1cnc[nH]1. The molecule has 0 saturated carbocycles. The van der Waals surface area contributed by atoms with E-state index in [-0.39, 0.29) is 11.8 Å². The third-order valence-corrected chi connectivity index (χ3v) is 2.69. The molecular formula is C12H21N3O. The van der Waals surface area contributed by atoms with Gasteiger partial charge in [0.15, 0.2) is 0 Å². The molecule has 16 heavy (non-hydrogen) atoms. The van der Waals surface area contributed by atoms with E-state index in [9.17, 15) is 4.79 Å². The minimum absolute atomic E-state index is 0.127. The zero-order valence-corrected chi connectivity index (χ0v) is 10.1. The molecule has 1 atom stereocenters. The van der Waals surface area contributed by atoms with Crippen molar-refractivity contribution in [1.82, 2.24) is 15.3 Å². The second kappa shape index (κ2) is 7.04. The lowest BCUT2D eigenvalue weighted by Crippen LogP contribution is -2.30. The largest absolute Gasteiger partial charge is 0.355 e. The molecule has 0 aromatic carbocycles. The summed E-state index contributed by atoms with van der Waals surface area (Å²) < 4.78 is 0. The summed E-state index contributed by atoms with van der Waals surface area (Å²) in [6.45, 7) is 4.81. The number of hydrogen-bond acceptors (Lipinski definition) is 2. The average Bonchev–Trinajstić information content (AvgIpc) is 2.78. The van der Waals surface area contributed by atoms with Gasteiger partial charge in [0, 0.05) is 30.8 Å². The Morgan fingerprint density at radius 2 is 2.44 bits per heavy atom. The normalized spacial score (nSPS) is 12.4. The Bertz CT molecular complexity index is 295. The fraction of sp³-hybridized carbons (Fsp3) is 0.667. The van der Waals surface area contributed by atoms with Gasteiger partial charge in [-0.3, -0.25) is 4.79 Å². The Morgan fingerprint density at radius 1 is 1.62 bits per heavy atom. The van der Waals surface area contributed by atoms with Gasteiger partial charge in [0.2, 0.25) is 5.91 Å². The number of amides is 1. The van der Waals surface area contributed by atoms with Gasteiger partial charge in [-0.1, -0.05) is 26.7 Å². The van der Waals surface area contributed by atoms with Gasteiger partial charge in [-0.25, -0.2) is 4.98 Å². The van der Waals surface area contributed by atoms with Crippen molar-refractivity contribution in [2.75, 3.05) is 6.54 Å². The van der Waals surface area contributed by atoms with E-state index < -0.39 is 0 Å². The molecule has 1 rings (SSSR count). The van der Waals surface area contributed by atoms with E-state index in [2.05, 4.69) is 22.2 Å². The number of nitrogens with zero attached hydrogens (tertiary/aromatic N) is 1. The second-order valence-electron chi connectivity index (χ2n) is 4.16. The standard InChI is InChI=1S/C12H21N3O/c1-3-4-5-10(2)12(16)14-7-6-11-8-13-9-15-11/h8-10H,3-7H2,1-2H3,(H,13,15)(H,14,16). The van der Waals surface area contributed by atoms with Crippen LogP contribution >= 0.6 is 0 Å². The van der Waals surface area contributed by atoms with Gasteiger partial charge in [0.1, 0.15) is 0 Å². The number of aromatic amines is 1. The smallest absolute Gasteiger partial charge is 0.222 e. The molecule has 1 aromatic heterocycles. The van der Waals surface area contributed by atoms with Crippen LogP contribution in [0.4, 0.5) is 0 Å². The van der Waals surface area contributed by atoms with E-state index >= 15 is 0 Å². The second-order valence-corrected chi connectivity index (χ2v) is 4.16. The highest BCUT2D eigenvalue weighted by Crippen LogP contribution is 2.07. The maximum Gasteiger partial charge on any atom is 0.222 e. The summed E-state index contributed by atoms with van der Waals surface area (Å²) in [7, 11) is 0. The first kappa shape index (κ1) is 12.7. The van der Waals surface area contributed by atoms with Crippen molar-refractivity contribution in [3.8, 4) is 0 Å². The van der Waals surface area contributed by atoms with Gasteiger partial charge in [0.25, 0.3) is 0 Å². The molecule has 1 amide bonds. The first-order valence-electron chi connectivity index (χ1n) is 5.99.